The van der Waals surface area contributed by atoms with Crippen molar-refractivity contribution in [1.82, 2.24) is 14.2 Å². The Morgan fingerprint density at radius 2 is 1.34 bits per heavy atom. The van der Waals surface area contributed by atoms with E-state index in [-0.39, 0.29) is 17.5 Å². The molecule has 12 nitrogen and oxygen atoms in total. The lowest BCUT2D eigenvalue weighted by molar-refractivity contribution is -0.0922. The van der Waals surface area contributed by atoms with Gasteiger partial charge in [-0.1, -0.05) is 126 Å². The first kappa shape index (κ1) is 48.1. The molecular weight excluding hydrogens is 911 g/mol. The highest BCUT2D eigenvalue weighted by Gasteiger charge is 2.51. The van der Waals surface area contributed by atoms with Gasteiger partial charge < -0.3 is 28.8 Å². The molecule has 348 valence electrons. The fourth-order valence-electron chi connectivity index (χ4n) is 8.16. The maximum absolute atomic E-state index is 17.7. The minimum absolute atomic E-state index is 0.0173. The van der Waals surface area contributed by atoms with Gasteiger partial charge in [-0.2, -0.15) is 4.98 Å². The molecule has 2 aliphatic rings. The topological polar surface area (TPSA) is 130 Å². The standard InChI is InChI=1S/C51H52FN4O8PS2/c1-35-33-56(50(59)54-46(35)53-47(57)36-15-7-4-8-16-36)48-44(52)45(64-65(55-29-13-14-30-55)67-32-31-66-49(58)37-17-9-5-10-18-37)43(63-48)34-62-51(38-19-11-6-12-20-38,39-21-25-41(60-2)26-22-39)40-23-27-42(61-3)28-24-40/h4-12,15-28,33,43-45,48H,13-14,29-32,34H2,1-3H3,(H,53,54,57,59)/t43-,44-,45-,48-,65?/m1/s1. The van der Waals surface area contributed by atoms with Gasteiger partial charge in [-0.25, -0.2) is 9.18 Å². The first-order chi connectivity index (χ1) is 32.7. The number of halogens is 1. The number of nitrogens with zero attached hydrogens (tertiary/aromatic N) is 3. The fraction of sp³-hybridized carbons (Fsp3) is 0.294. The van der Waals surface area contributed by atoms with Crippen molar-refractivity contribution in [2.75, 3.05) is 50.7 Å². The molecule has 0 spiro atoms. The minimum atomic E-state index is -1.85. The van der Waals surface area contributed by atoms with Crippen molar-refractivity contribution in [1.29, 1.82) is 0 Å². The van der Waals surface area contributed by atoms with Gasteiger partial charge in [-0.3, -0.25) is 18.8 Å². The third-order valence-corrected chi connectivity index (χ3v) is 16.9. The summed E-state index contributed by atoms with van der Waals surface area (Å²) in [5.74, 6) is 2.04. The first-order valence-corrected chi connectivity index (χ1v) is 25.8. The molecule has 16 heteroatoms. The second-order valence-electron chi connectivity index (χ2n) is 15.9. The van der Waals surface area contributed by atoms with Crippen LogP contribution in [0.1, 0.15) is 62.0 Å². The Kier molecular flexibility index (Phi) is 16.2. The zero-order chi connectivity index (χ0) is 46.8. The van der Waals surface area contributed by atoms with Crippen molar-refractivity contribution in [2.45, 2.75) is 50.0 Å². The van der Waals surface area contributed by atoms with E-state index in [2.05, 4.69) is 15.0 Å². The monoisotopic (exact) mass is 962 g/mol. The Labute approximate surface area is 399 Å². The highest BCUT2D eigenvalue weighted by atomic mass is 32.7. The Morgan fingerprint density at radius 3 is 1.93 bits per heavy atom. The normalized spacial score (nSPS) is 18.9. The van der Waals surface area contributed by atoms with E-state index < -0.39 is 49.3 Å². The minimum Gasteiger partial charge on any atom is -0.497 e. The van der Waals surface area contributed by atoms with Crippen LogP contribution >= 0.6 is 30.6 Å². The van der Waals surface area contributed by atoms with Gasteiger partial charge in [0.2, 0.25) is 5.12 Å². The third-order valence-electron chi connectivity index (χ3n) is 11.6. The number of hydrogen-bond acceptors (Lipinski definition) is 12. The first-order valence-electron chi connectivity index (χ1n) is 22.0. The molecule has 1 aromatic heterocycles. The number of benzene rings is 5. The number of aryl methyl sites for hydroxylation is 1. The smallest absolute Gasteiger partial charge is 0.351 e. The average Bonchev–Trinajstić information content (AvgIpc) is 4.03. The molecule has 0 bridgehead atoms. The predicted octanol–water partition coefficient (Wildman–Crippen LogP) is 10.1. The molecule has 67 heavy (non-hydrogen) atoms. The van der Waals surface area contributed by atoms with E-state index in [9.17, 15) is 14.4 Å². The maximum atomic E-state index is 17.7. The molecule has 0 aliphatic carbocycles. The molecule has 3 heterocycles. The van der Waals surface area contributed by atoms with Crippen LogP contribution in [-0.2, 0) is 19.6 Å². The van der Waals surface area contributed by atoms with Crippen molar-refractivity contribution in [3.05, 3.63) is 190 Å². The number of carbonyl (C=O) groups excluding carboxylic acids is 2. The quantitative estimate of drug-likeness (QED) is 0.0471. The lowest BCUT2D eigenvalue weighted by atomic mass is 9.80. The molecule has 1 unspecified atom stereocenters. The molecule has 2 saturated heterocycles. The molecule has 0 radical (unpaired) electrons. The van der Waals surface area contributed by atoms with E-state index >= 15 is 4.39 Å². The zero-order valence-corrected chi connectivity index (χ0v) is 39.9. The lowest BCUT2D eigenvalue weighted by Crippen LogP contribution is -2.40. The third kappa shape index (κ3) is 11.2. The highest BCUT2D eigenvalue weighted by molar-refractivity contribution is 8.53. The highest BCUT2D eigenvalue weighted by Crippen LogP contribution is 2.58. The van der Waals surface area contributed by atoms with Crippen LogP contribution in [0, 0.1) is 6.92 Å². The van der Waals surface area contributed by atoms with Gasteiger partial charge in [0, 0.05) is 47.5 Å². The van der Waals surface area contributed by atoms with Crippen LogP contribution in [0.25, 0.3) is 0 Å². The van der Waals surface area contributed by atoms with Crippen LogP contribution in [0.15, 0.2) is 151 Å². The van der Waals surface area contributed by atoms with Crippen molar-refractivity contribution in [2.24, 2.45) is 0 Å². The number of ether oxygens (including phenoxy) is 4. The van der Waals surface area contributed by atoms with Gasteiger partial charge >= 0.3 is 5.69 Å². The number of alkyl halides is 1. The Balaban J connectivity index is 1.13. The summed E-state index contributed by atoms with van der Waals surface area (Å²) >= 11 is 2.81. The molecule has 6 aromatic rings. The van der Waals surface area contributed by atoms with Gasteiger partial charge in [0.1, 0.15) is 35.1 Å². The largest absolute Gasteiger partial charge is 0.497 e. The summed E-state index contributed by atoms with van der Waals surface area (Å²) in [6.45, 7) is 3.06. The second kappa shape index (κ2) is 22.6. The van der Waals surface area contributed by atoms with Gasteiger partial charge in [0.25, 0.3) is 5.91 Å². The molecule has 2 fully saturated rings. The molecule has 1 N–H and O–H groups in total. The van der Waals surface area contributed by atoms with E-state index in [4.69, 9.17) is 23.5 Å². The number of aromatic nitrogens is 2. The van der Waals surface area contributed by atoms with Crippen LogP contribution in [-0.4, -0.2) is 89.0 Å². The van der Waals surface area contributed by atoms with Gasteiger partial charge in [0.05, 0.1) is 20.8 Å². The lowest BCUT2D eigenvalue weighted by Gasteiger charge is -2.37. The number of amides is 1. The van der Waals surface area contributed by atoms with E-state index in [0.717, 1.165) is 47.2 Å². The van der Waals surface area contributed by atoms with Crippen molar-refractivity contribution in [3.8, 4) is 11.5 Å². The van der Waals surface area contributed by atoms with Crippen molar-refractivity contribution < 1.29 is 37.5 Å². The molecule has 5 aromatic carbocycles. The van der Waals surface area contributed by atoms with E-state index in [1.807, 2.05) is 97.1 Å². The number of hydrogen-bond donors (Lipinski definition) is 1. The van der Waals surface area contributed by atoms with E-state index in [1.54, 1.807) is 75.0 Å². The Morgan fingerprint density at radius 1 is 0.791 bits per heavy atom. The predicted molar refractivity (Wildman–Crippen MR) is 263 cm³/mol. The van der Waals surface area contributed by atoms with Crippen molar-refractivity contribution in [3.63, 3.8) is 0 Å². The molecule has 1 amide bonds. The van der Waals surface area contributed by atoms with E-state index in [1.165, 1.54) is 18.0 Å². The second-order valence-corrected chi connectivity index (χ2v) is 20.6. The Hall–Kier alpha value is -5.38. The maximum Gasteiger partial charge on any atom is 0.351 e. The zero-order valence-electron chi connectivity index (χ0n) is 37.4. The number of rotatable bonds is 19. The summed E-state index contributed by atoms with van der Waals surface area (Å²) < 4.78 is 53.0. The molecule has 8 rings (SSSR count). The molecule has 0 saturated carbocycles. The Bertz CT molecular complexity index is 2580. The molecule has 5 atom stereocenters. The van der Waals surface area contributed by atoms with Crippen molar-refractivity contribution >= 4 is 47.5 Å². The van der Waals surface area contributed by atoms with E-state index in [0.29, 0.717) is 39.7 Å². The van der Waals surface area contributed by atoms with Gasteiger partial charge in [-0.15, -0.1) is 0 Å². The molecular formula is C51H52FN4O8PS2. The van der Waals surface area contributed by atoms with Gasteiger partial charge in [0.15, 0.2) is 19.9 Å². The number of thioether (sulfide) groups is 1. The molecule has 2 aliphatic heterocycles. The summed E-state index contributed by atoms with van der Waals surface area (Å²) in [5.41, 5.74) is 1.73. The number of methoxy groups -OCH3 is 2. The SMILES string of the molecule is COc1ccc(C(OC[C@H]2O[C@@H](n3cc(C)c(NC(=O)c4ccccc4)nc3=O)[C@H](F)[C@@H]2OP(SCCSC(=O)c2ccccc2)N2CCCC2)(c2ccccc2)c2ccc(OC)cc2)cc1. The van der Waals surface area contributed by atoms with Gasteiger partial charge in [-0.05, 0) is 72.9 Å². The summed E-state index contributed by atoms with van der Waals surface area (Å²) in [4.78, 5) is 44.2. The number of carbonyl (C=O) groups is 2. The van der Waals surface area contributed by atoms with Crippen LogP contribution in [0.5, 0.6) is 11.5 Å². The average molecular weight is 963 g/mol. The number of anilines is 1. The summed E-state index contributed by atoms with van der Waals surface area (Å²) in [7, 11) is 1.75. The van der Waals surface area contributed by atoms with Crippen LogP contribution in [0.4, 0.5) is 10.2 Å². The summed E-state index contributed by atoms with van der Waals surface area (Å²) in [6, 6.07) is 42.7. The fourth-order valence-corrected chi connectivity index (χ4v) is 13.5. The van der Waals surface area contributed by atoms with Crippen LogP contribution < -0.4 is 20.5 Å². The summed E-state index contributed by atoms with van der Waals surface area (Å²) in [5, 5.41) is 2.71. The number of nitrogens with one attached hydrogen (secondary N) is 1. The van der Waals surface area contributed by atoms with Crippen LogP contribution in [0.2, 0.25) is 0 Å². The van der Waals surface area contributed by atoms with Crippen LogP contribution in [0.3, 0.4) is 0 Å². The summed E-state index contributed by atoms with van der Waals surface area (Å²) in [6.07, 6.45) is -2.16.